The Hall–Kier alpha value is -3.23. The first-order valence-corrected chi connectivity index (χ1v) is 8.27. The maximum Gasteiger partial charge on any atom is 0.418 e. The first kappa shape index (κ1) is 21.1. The minimum absolute atomic E-state index is 0.393. The van der Waals surface area contributed by atoms with Crippen molar-refractivity contribution >= 4 is 17.6 Å². The van der Waals surface area contributed by atoms with Crippen LogP contribution in [0.15, 0.2) is 48.5 Å². The molecule has 0 saturated heterocycles. The van der Waals surface area contributed by atoms with Crippen molar-refractivity contribution < 1.29 is 37.0 Å². The van der Waals surface area contributed by atoms with Crippen LogP contribution in [0.5, 0.6) is 11.5 Å². The topological polar surface area (TPSA) is 73.9 Å². The normalized spacial score (nSPS) is 10.9. The number of hydrogen-bond donors (Lipinski definition) is 1. The zero-order valence-corrected chi connectivity index (χ0v) is 14.9. The van der Waals surface area contributed by atoms with Gasteiger partial charge in [-0.15, -0.1) is 0 Å². The highest BCUT2D eigenvalue weighted by atomic mass is 19.4. The molecule has 0 aromatic heterocycles. The summed E-state index contributed by atoms with van der Waals surface area (Å²) in [5, 5.41) is 2.07. The fraction of sp³-hybridized carbons (Fsp3) is 0.263. The number of para-hydroxylation sites is 1. The number of esters is 1. The summed E-state index contributed by atoms with van der Waals surface area (Å²) in [6, 6.07) is 11.0. The van der Waals surface area contributed by atoms with Crippen LogP contribution in [0.2, 0.25) is 0 Å². The van der Waals surface area contributed by atoms with E-state index in [4.69, 9.17) is 14.2 Å². The molecular weight excluding hydrogens is 379 g/mol. The van der Waals surface area contributed by atoms with E-state index in [2.05, 4.69) is 5.32 Å². The molecule has 1 amide bonds. The monoisotopic (exact) mass is 397 g/mol. The number of nitrogens with one attached hydrogen (secondary N) is 1. The van der Waals surface area contributed by atoms with Crippen molar-refractivity contribution in [1.82, 2.24) is 0 Å². The molecule has 0 radical (unpaired) electrons. The minimum Gasteiger partial charge on any atom is -0.494 e. The molecule has 6 nitrogen and oxygen atoms in total. The highest BCUT2D eigenvalue weighted by molar-refractivity contribution is 5.93. The highest BCUT2D eigenvalue weighted by Gasteiger charge is 2.33. The zero-order valence-electron chi connectivity index (χ0n) is 14.9. The van der Waals surface area contributed by atoms with Gasteiger partial charge in [-0.25, -0.2) is 4.79 Å². The van der Waals surface area contributed by atoms with Gasteiger partial charge in [-0.3, -0.25) is 4.79 Å². The van der Waals surface area contributed by atoms with Crippen LogP contribution in [0.1, 0.15) is 12.5 Å². The summed E-state index contributed by atoms with van der Waals surface area (Å²) in [5.74, 6) is -0.698. The molecule has 0 bridgehead atoms. The van der Waals surface area contributed by atoms with E-state index in [-0.39, 0.29) is 0 Å². The molecule has 0 aliphatic rings. The van der Waals surface area contributed by atoms with Crippen LogP contribution in [0.25, 0.3) is 0 Å². The molecule has 1 N–H and O–H groups in total. The molecule has 28 heavy (non-hydrogen) atoms. The van der Waals surface area contributed by atoms with Gasteiger partial charge in [0.2, 0.25) is 0 Å². The smallest absolute Gasteiger partial charge is 0.418 e. The summed E-state index contributed by atoms with van der Waals surface area (Å²) in [6.07, 6.45) is -4.62. The lowest BCUT2D eigenvalue weighted by Gasteiger charge is -2.13. The van der Waals surface area contributed by atoms with Gasteiger partial charge in [-0.2, -0.15) is 13.2 Å². The van der Waals surface area contributed by atoms with E-state index < -0.39 is 42.5 Å². The molecular formula is C19H18F3NO5. The summed E-state index contributed by atoms with van der Waals surface area (Å²) < 4.78 is 53.8. The van der Waals surface area contributed by atoms with Crippen LogP contribution in [-0.2, 0) is 20.5 Å². The van der Waals surface area contributed by atoms with E-state index in [0.29, 0.717) is 18.1 Å². The number of carbonyl (C=O) groups is 2. The third kappa shape index (κ3) is 6.49. The van der Waals surface area contributed by atoms with E-state index in [0.717, 1.165) is 12.1 Å². The fourth-order valence-electron chi connectivity index (χ4n) is 2.15. The number of halogens is 3. The number of anilines is 1. The van der Waals surface area contributed by atoms with Crippen molar-refractivity contribution in [3.05, 3.63) is 54.1 Å². The third-order valence-corrected chi connectivity index (χ3v) is 3.36. The average Bonchev–Trinajstić information content (AvgIpc) is 2.65. The van der Waals surface area contributed by atoms with E-state index in [1.807, 2.05) is 6.92 Å². The Labute approximate surface area is 159 Å². The fourth-order valence-corrected chi connectivity index (χ4v) is 2.15. The van der Waals surface area contributed by atoms with Gasteiger partial charge in [0.1, 0.15) is 11.5 Å². The van der Waals surface area contributed by atoms with Crippen molar-refractivity contribution in [2.45, 2.75) is 13.1 Å². The van der Waals surface area contributed by atoms with Crippen molar-refractivity contribution in [2.75, 3.05) is 25.1 Å². The SMILES string of the molecule is CCOc1ccc(OCC(=O)OCC(=O)Nc2ccccc2C(F)(F)F)cc1. The average molecular weight is 397 g/mol. The third-order valence-electron chi connectivity index (χ3n) is 3.36. The second kappa shape index (κ2) is 9.63. The molecule has 2 aromatic carbocycles. The number of rotatable bonds is 8. The van der Waals surface area contributed by atoms with Gasteiger partial charge in [0, 0.05) is 0 Å². The Morgan fingerprint density at radius 2 is 1.54 bits per heavy atom. The quantitative estimate of drug-likeness (QED) is 0.688. The van der Waals surface area contributed by atoms with Crippen molar-refractivity contribution in [3.8, 4) is 11.5 Å². The molecule has 150 valence electrons. The van der Waals surface area contributed by atoms with Gasteiger partial charge in [0.05, 0.1) is 17.9 Å². The Morgan fingerprint density at radius 3 is 2.14 bits per heavy atom. The van der Waals surface area contributed by atoms with Crippen LogP contribution < -0.4 is 14.8 Å². The molecule has 0 aliphatic heterocycles. The van der Waals surface area contributed by atoms with Crippen molar-refractivity contribution in [3.63, 3.8) is 0 Å². The van der Waals surface area contributed by atoms with Gasteiger partial charge >= 0.3 is 12.1 Å². The second-order valence-corrected chi connectivity index (χ2v) is 5.45. The summed E-state index contributed by atoms with van der Waals surface area (Å²) in [4.78, 5) is 23.4. The second-order valence-electron chi connectivity index (χ2n) is 5.45. The summed E-state index contributed by atoms with van der Waals surface area (Å²) in [7, 11) is 0. The van der Waals surface area contributed by atoms with Crippen molar-refractivity contribution in [2.24, 2.45) is 0 Å². The molecule has 0 saturated carbocycles. The molecule has 0 heterocycles. The molecule has 0 fully saturated rings. The van der Waals surface area contributed by atoms with Gasteiger partial charge in [-0.1, -0.05) is 12.1 Å². The Kier molecular flexibility index (Phi) is 7.25. The predicted octanol–water partition coefficient (Wildman–Crippen LogP) is 3.66. The van der Waals surface area contributed by atoms with Crippen molar-refractivity contribution in [1.29, 1.82) is 0 Å². The van der Waals surface area contributed by atoms with Crippen LogP contribution in [0.3, 0.4) is 0 Å². The maximum atomic E-state index is 12.9. The lowest BCUT2D eigenvalue weighted by Crippen LogP contribution is -2.24. The molecule has 0 unspecified atom stereocenters. The number of amides is 1. The molecule has 0 aliphatic carbocycles. The van der Waals surface area contributed by atoms with E-state index >= 15 is 0 Å². The molecule has 9 heteroatoms. The number of carbonyl (C=O) groups excluding carboxylic acids is 2. The zero-order chi connectivity index (χ0) is 20.6. The molecule has 2 aromatic rings. The lowest BCUT2D eigenvalue weighted by atomic mass is 10.1. The largest absolute Gasteiger partial charge is 0.494 e. The van der Waals surface area contributed by atoms with Crippen LogP contribution in [0, 0.1) is 0 Å². The summed E-state index contributed by atoms with van der Waals surface area (Å²) in [5.41, 5.74) is -1.41. The first-order valence-electron chi connectivity index (χ1n) is 8.27. The van der Waals surface area contributed by atoms with E-state index in [1.165, 1.54) is 12.1 Å². The Balaban J connectivity index is 1.79. The van der Waals surface area contributed by atoms with Crippen LogP contribution >= 0.6 is 0 Å². The molecule has 2 rings (SSSR count). The number of benzene rings is 2. The molecule has 0 spiro atoms. The van der Waals surface area contributed by atoms with Crippen LogP contribution in [0.4, 0.5) is 18.9 Å². The lowest BCUT2D eigenvalue weighted by molar-refractivity contribution is -0.149. The number of hydrogen-bond acceptors (Lipinski definition) is 5. The number of alkyl halides is 3. The van der Waals surface area contributed by atoms with Gasteiger partial charge < -0.3 is 19.5 Å². The van der Waals surface area contributed by atoms with Crippen LogP contribution in [-0.4, -0.2) is 31.7 Å². The summed E-state index contributed by atoms with van der Waals surface area (Å²) in [6.45, 7) is 1.17. The van der Waals surface area contributed by atoms with Gasteiger partial charge in [0.15, 0.2) is 13.2 Å². The Morgan fingerprint density at radius 1 is 0.929 bits per heavy atom. The summed E-state index contributed by atoms with van der Waals surface area (Å²) >= 11 is 0. The van der Waals surface area contributed by atoms with E-state index in [1.54, 1.807) is 24.3 Å². The van der Waals surface area contributed by atoms with Gasteiger partial charge in [0.25, 0.3) is 5.91 Å². The standard InChI is InChI=1S/C19H18F3NO5/c1-2-26-13-7-9-14(10-8-13)27-12-18(25)28-11-17(24)23-16-6-4-3-5-15(16)19(20,21)22/h3-10H,2,11-12H2,1H3,(H,23,24). The minimum atomic E-state index is -4.62. The number of ether oxygens (including phenoxy) is 3. The maximum absolute atomic E-state index is 12.9. The first-order chi connectivity index (χ1) is 13.3. The van der Waals surface area contributed by atoms with E-state index in [9.17, 15) is 22.8 Å². The molecule has 0 atom stereocenters. The Bertz CT molecular complexity index is 806. The highest BCUT2D eigenvalue weighted by Crippen LogP contribution is 2.34. The van der Waals surface area contributed by atoms with Gasteiger partial charge in [-0.05, 0) is 43.3 Å². The predicted molar refractivity (Wildman–Crippen MR) is 94.1 cm³/mol.